The van der Waals surface area contributed by atoms with Gasteiger partial charge in [-0.2, -0.15) is 0 Å². The van der Waals surface area contributed by atoms with Crippen molar-refractivity contribution in [2.45, 2.75) is 44.9 Å². The van der Waals surface area contributed by atoms with Crippen LogP contribution in [0.5, 0.6) is 5.75 Å². The summed E-state index contributed by atoms with van der Waals surface area (Å²) in [6, 6.07) is 19.8. The van der Waals surface area contributed by atoms with Crippen molar-refractivity contribution in [2.75, 3.05) is 13.1 Å². The van der Waals surface area contributed by atoms with Crippen LogP contribution >= 0.6 is 0 Å². The van der Waals surface area contributed by atoms with Gasteiger partial charge in [-0.3, -0.25) is 4.79 Å². The summed E-state index contributed by atoms with van der Waals surface area (Å²) in [7, 11) is 0. The summed E-state index contributed by atoms with van der Waals surface area (Å²) < 4.78 is 6.54. The van der Waals surface area contributed by atoms with E-state index in [-0.39, 0.29) is 5.91 Å². The molecular formula is C22H28N2O2. The van der Waals surface area contributed by atoms with E-state index >= 15 is 0 Å². The number of rotatable bonds is 7. The van der Waals surface area contributed by atoms with Crippen LogP contribution in [0.15, 0.2) is 60.7 Å². The predicted molar refractivity (Wildman–Crippen MR) is 104 cm³/mol. The highest BCUT2D eigenvalue weighted by molar-refractivity contribution is 5.76. The Balaban J connectivity index is 2.04. The van der Waals surface area contributed by atoms with Gasteiger partial charge in [0, 0.05) is 25.1 Å². The van der Waals surface area contributed by atoms with E-state index in [1.165, 1.54) is 6.42 Å². The summed E-state index contributed by atoms with van der Waals surface area (Å²) in [5.41, 5.74) is 0.954. The van der Waals surface area contributed by atoms with Gasteiger partial charge >= 0.3 is 0 Å². The maximum absolute atomic E-state index is 12.6. The molecule has 1 saturated heterocycles. The first-order chi connectivity index (χ1) is 12.7. The number of hydrogen-bond acceptors (Lipinski definition) is 3. The van der Waals surface area contributed by atoms with Crippen molar-refractivity contribution in [1.82, 2.24) is 10.2 Å². The predicted octanol–water partition coefficient (Wildman–Crippen LogP) is 4.28. The molecule has 2 aromatic rings. The molecule has 1 aliphatic heterocycles. The molecule has 1 N–H and O–H groups in total. The summed E-state index contributed by atoms with van der Waals surface area (Å²) in [6.45, 7) is 3.81. The Morgan fingerprint density at radius 3 is 2.23 bits per heavy atom. The third-order valence-corrected chi connectivity index (χ3v) is 4.76. The first-order valence-electron chi connectivity index (χ1n) is 9.60. The Hall–Kier alpha value is -2.33. The second-order valence-corrected chi connectivity index (χ2v) is 6.77. The standard InChI is InChI=1S/C22H28N2O2/c1-2-12-21(25)23-22(19-13-6-3-7-14-19,24-17-10-5-11-18-24)26-20-15-8-4-9-16-20/h3-4,6-9,13-16H,2,5,10-12,17-18H2,1H3,(H,23,25). The number of para-hydroxylation sites is 1. The molecule has 1 amide bonds. The molecule has 0 saturated carbocycles. The lowest BCUT2D eigenvalue weighted by molar-refractivity contribution is -0.152. The van der Waals surface area contributed by atoms with Gasteiger partial charge < -0.3 is 10.1 Å². The Morgan fingerprint density at radius 1 is 1.00 bits per heavy atom. The minimum absolute atomic E-state index is 0.0119. The number of hydrogen-bond donors (Lipinski definition) is 1. The fourth-order valence-corrected chi connectivity index (χ4v) is 3.49. The van der Waals surface area contributed by atoms with E-state index in [0.29, 0.717) is 6.42 Å². The van der Waals surface area contributed by atoms with E-state index in [1.54, 1.807) is 0 Å². The fraction of sp³-hybridized carbons (Fsp3) is 0.409. The normalized spacial score (nSPS) is 17.3. The average Bonchev–Trinajstić information content (AvgIpc) is 2.70. The second-order valence-electron chi connectivity index (χ2n) is 6.77. The first-order valence-corrected chi connectivity index (χ1v) is 9.60. The Morgan fingerprint density at radius 2 is 1.62 bits per heavy atom. The van der Waals surface area contributed by atoms with Gasteiger partial charge in [0.1, 0.15) is 5.75 Å². The van der Waals surface area contributed by atoms with Crippen molar-refractivity contribution in [3.8, 4) is 5.75 Å². The zero-order valence-corrected chi connectivity index (χ0v) is 15.5. The lowest BCUT2D eigenvalue weighted by Crippen LogP contribution is -2.62. The third-order valence-electron chi connectivity index (χ3n) is 4.76. The number of nitrogens with zero attached hydrogens (tertiary/aromatic N) is 1. The smallest absolute Gasteiger partial charge is 0.270 e. The minimum Gasteiger partial charge on any atom is -0.450 e. The summed E-state index contributed by atoms with van der Waals surface area (Å²) in [5.74, 6) is -0.216. The highest BCUT2D eigenvalue weighted by Crippen LogP contribution is 2.32. The van der Waals surface area contributed by atoms with Gasteiger partial charge in [-0.15, -0.1) is 0 Å². The van der Waals surface area contributed by atoms with Crippen LogP contribution in [-0.2, 0) is 10.6 Å². The number of piperidine rings is 1. The molecule has 2 aromatic carbocycles. The van der Waals surface area contributed by atoms with Crippen LogP contribution in [0, 0.1) is 0 Å². The third kappa shape index (κ3) is 4.25. The topological polar surface area (TPSA) is 41.6 Å². The number of likely N-dealkylation sites (tertiary alicyclic amines) is 1. The number of nitrogens with one attached hydrogen (secondary N) is 1. The van der Waals surface area contributed by atoms with E-state index in [9.17, 15) is 4.79 Å². The van der Waals surface area contributed by atoms with Crippen LogP contribution in [-0.4, -0.2) is 23.9 Å². The van der Waals surface area contributed by atoms with E-state index in [4.69, 9.17) is 4.74 Å². The van der Waals surface area contributed by atoms with Gasteiger partial charge in [-0.1, -0.05) is 61.9 Å². The van der Waals surface area contributed by atoms with Gasteiger partial charge in [-0.25, -0.2) is 4.90 Å². The SMILES string of the molecule is CCCC(=O)NC(Oc1ccccc1)(c1ccccc1)N1CCCCC1. The number of carbonyl (C=O) groups excluding carboxylic acids is 1. The monoisotopic (exact) mass is 352 g/mol. The van der Waals surface area contributed by atoms with Crippen molar-refractivity contribution < 1.29 is 9.53 Å². The van der Waals surface area contributed by atoms with Crippen molar-refractivity contribution in [1.29, 1.82) is 0 Å². The van der Waals surface area contributed by atoms with E-state index < -0.39 is 5.85 Å². The Kier molecular flexibility index (Phi) is 6.29. The van der Waals surface area contributed by atoms with Gasteiger partial charge in [-0.05, 0) is 31.4 Å². The molecule has 1 fully saturated rings. The molecule has 0 aromatic heterocycles. The Labute approximate surface area is 156 Å². The zero-order valence-electron chi connectivity index (χ0n) is 15.5. The van der Waals surface area contributed by atoms with Crippen LogP contribution in [0.3, 0.4) is 0 Å². The molecule has 138 valence electrons. The maximum atomic E-state index is 12.6. The highest BCUT2D eigenvalue weighted by Gasteiger charge is 2.43. The maximum Gasteiger partial charge on any atom is 0.270 e. The van der Waals surface area contributed by atoms with Crippen LogP contribution in [0.25, 0.3) is 0 Å². The molecule has 0 bridgehead atoms. The second kappa shape index (κ2) is 8.86. The molecule has 0 aliphatic carbocycles. The molecule has 26 heavy (non-hydrogen) atoms. The van der Waals surface area contributed by atoms with E-state index in [0.717, 1.165) is 43.7 Å². The molecule has 1 unspecified atom stereocenters. The van der Waals surface area contributed by atoms with Crippen molar-refractivity contribution in [3.05, 3.63) is 66.2 Å². The average molecular weight is 352 g/mol. The van der Waals surface area contributed by atoms with E-state index in [1.807, 2.05) is 67.6 Å². The van der Waals surface area contributed by atoms with Gasteiger partial charge in [0.2, 0.25) is 5.91 Å². The molecule has 4 heteroatoms. The first kappa shape index (κ1) is 18.5. The fourth-order valence-electron chi connectivity index (χ4n) is 3.49. The number of benzene rings is 2. The quantitative estimate of drug-likeness (QED) is 0.756. The lowest BCUT2D eigenvalue weighted by atomic mass is 10.0. The van der Waals surface area contributed by atoms with Crippen molar-refractivity contribution in [3.63, 3.8) is 0 Å². The van der Waals surface area contributed by atoms with Crippen LogP contribution in [0.4, 0.5) is 0 Å². The molecule has 0 spiro atoms. The minimum atomic E-state index is -0.977. The van der Waals surface area contributed by atoms with Gasteiger partial charge in [0.25, 0.3) is 5.85 Å². The number of carbonyl (C=O) groups is 1. The van der Waals surface area contributed by atoms with Crippen LogP contribution in [0.2, 0.25) is 0 Å². The van der Waals surface area contributed by atoms with Gasteiger partial charge in [0.15, 0.2) is 0 Å². The number of amides is 1. The summed E-state index contributed by atoms with van der Waals surface area (Å²) in [4.78, 5) is 14.9. The van der Waals surface area contributed by atoms with Crippen LogP contribution < -0.4 is 10.1 Å². The Bertz CT molecular complexity index is 684. The molecule has 1 heterocycles. The van der Waals surface area contributed by atoms with Crippen molar-refractivity contribution >= 4 is 5.91 Å². The molecule has 3 rings (SSSR count). The van der Waals surface area contributed by atoms with Crippen LogP contribution in [0.1, 0.15) is 44.6 Å². The summed E-state index contributed by atoms with van der Waals surface area (Å²) in [6.07, 6.45) is 4.73. The van der Waals surface area contributed by atoms with Gasteiger partial charge in [0.05, 0.1) is 0 Å². The largest absolute Gasteiger partial charge is 0.450 e. The summed E-state index contributed by atoms with van der Waals surface area (Å²) in [5, 5.41) is 3.23. The molecule has 4 nitrogen and oxygen atoms in total. The molecule has 1 aliphatic rings. The summed E-state index contributed by atoms with van der Waals surface area (Å²) >= 11 is 0. The van der Waals surface area contributed by atoms with E-state index in [2.05, 4.69) is 10.2 Å². The molecular weight excluding hydrogens is 324 g/mol. The zero-order chi connectivity index (χ0) is 18.2. The lowest BCUT2D eigenvalue weighted by Gasteiger charge is -2.45. The number of ether oxygens (including phenoxy) is 1. The molecule has 1 atom stereocenters. The molecule has 0 radical (unpaired) electrons. The highest BCUT2D eigenvalue weighted by atomic mass is 16.5. The van der Waals surface area contributed by atoms with Crippen molar-refractivity contribution in [2.24, 2.45) is 0 Å².